The Labute approximate surface area is 162 Å². The minimum absolute atomic E-state index is 0.209. The number of hydrogen-bond acceptors (Lipinski definition) is 3. The second kappa shape index (κ2) is 8.06. The van der Waals surface area contributed by atoms with Gasteiger partial charge >= 0.3 is 0 Å². The molecule has 3 rings (SSSR count). The predicted molar refractivity (Wildman–Crippen MR) is 107 cm³/mol. The first-order valence-electron chi connectivity index (χ1n) is 8.35. The molecule has 0 aliphatic heterocycles. The van der Waals surface area contributed by atoms with E-state index in [1.54, 1.807) is 67.8 Å². The van der Waals surface area contributed by atoms with Crippen LogP contribution in [0.3, 0.4) is 0 Å². The van der Waals surface area contributed by atoms with Gasteiger partial charge in [0.2, 0.25) is 0 Å². The van der Waals surface area contributed by atoms with Crippen LogP contribution in [0.15, 0.2) is 66.7 Å². The fourth-order valence-corrected chi connectivity index (χ4v) is 2.94. The van der Waals surface area contributed by atoms with Gasteiger partial charge < -0.3 is 10.1 Å². The fraction of sp³-hybridized carbons (Fsp3) is 0.0909. The van der Waals surface area contributed by atoms with E-state index in [-0.39, 0.29) is 11.7 Å². The van der Waals surface area contributed by atoms with Crippen LogP contribution in [0, 0.1) is 6.92 Å². The van der Waals surface area contributed by atoms with Gasteiger partial charge in [0, 0.05) is 21.7 Å². The van der Waals surface area contributed by atoms with Gasteiger partial charge in [0.15, 0.2) is 5.78 Å². The summed E-state index contributed by atoms with van der Waals surface area (Å²) in [7, 11) is 1.58. The van der Waals surface area contributed by atoms with Crippen LogP contribution in [0.25, 0.3) is 0 Å². The van der Waals surface area contributed by atoms with Crippen molar-refractivity contribution in [2.24, 2.45) is 0 Å². The molecule has 0 saturated heterocycles. The van der Waals surface area contributed by atoms with Crippen molar-refractivity contribution in [3.63, 3.8) is 0 Å². The Morgan fingerprint density at radius 3 is 2.33 bits per heavy atom. The Kier molecular flexibility index (Phi) is 5.57. The molecule has 136 valence electrons. The molecule has 0 heterocycles. The normalized spacial score (nSPS) is 10.3. The van der Waals surface area contributed by atoms with Crippen LogP contribution < -0.4 is 10.1 Å². The number of halogens is 1. The average Bonchev–Trinajstić information content (AvgIpc) is 2.69. The summed E-state index contributed by atoms with van der Waals surface area (Å²) in [5.41, 5.74) is 2.60. The summed E-state index contributed by atoms with van der Waals surface area (Å²) in [5.74, 6) is 0.183. The maximum Gasteiger partial charge on any atom is 0.255 e. The molecule has 0 aliphatic carbocycles. The van der Waals surface area contributed by atoms with Crippen molar-refractivity contribution in [1.29, 1.82) is 0 Å². The molecule has 0 saturated carbocycles. The summed E-state index contributed by atoms with van der Waals surface area (Å²) in [5, 5.41) is 3.23. The van der Waals surface area contributed by atoms with E-state index in [4.69, 9.17) is 16.3 Å². The highest BCUT2D eigenvalue weighted by Gasteiger charge is 2.17. The number of methoxy groups -OCH3 is 1. The highest BCUT2D eigenvalue weighted by Crippen LogP contribution is 2.25. The zero-order valence-electron chi connectivity index (χ0n) is 15.0. The van der Waals surface area contributed by atoms with Crippen molar-refractivity contribution < 1.29 is 14.3 Å². The van der Waals surface area contributed by atoms with Gasteiger partial charge in [0.25, 0.3) is 5.91 Å². The SMILES string of the molecule is COc1ccc(C(=O)Nc2ccc(Cl)cc2C(=O)c2ccccc2)cc1C. The molecule has 0 atom stereocenters. The van der Waals surface area contributed by atoms with Crippen LogP contribution in [0.2, 0.25) is 5.02 Å². The molecule has 0 bridgehead atoms. The Bertz CT molecular complexity index is 1000. The van der Waals surface area contributed by atoms with E-state index in [9.17, 15) is 9.59 Å². The van der Waals surface area contributed by atoms with E-state index in [1.807, 2.05) is 13.0 Å². The smallest absolute Gasteiger partial charge is 0.255 e. The lowest BCUT2D eigenvalue weighted by molar-refractivity contribution is 0.102. The van der Waals surface area contributed by atoms with Gasteiger partial charge in [-0.05, 0) is 48.9 Å². The predicted octanol–water partition coefficient (Wildman–Crippen LogP) is 5.14. The highest BCUT2D eigenvalue weighted by molar-refractivity contribution is 6.31. The Morgan fingerprint density at radius 1 is 0.926 bits per heavy atom. The molecule has 0 spiro atoms. The van der Waals surface area contributed by atoms with E-state index in [2.05, 4.69) is 5.32 Å². The van der Waals surface area contributed by atoms with Crippen LogP contribution in [0.4, 0.5) is 5.69 Å². The van der Waals surface area contributed by atoms with Gasteiger partial charge in [0.05, 0.1) is 12.8 Å². The van der Waals surface area contributed by atoms with Gasteiger partial charge in [0.1, 0.15) is 5.75 Å². The zero-order chi connectivity index (χ0) is 19.4. The molecule has 3 aromatic carbocycles. The first kappa shape index (κ1) is 18.7. The number of hydrogen-bond donors (Lipinski definition) is 1. The van der Waals surface area contributed by atoms with Gasteiger partial charge in [-0.2, -0.15) is 0 Å². The molecule has 0 aliphatic rings. The summed E-state index contributed by atoms with van der Waals surface area (Å²) >= 11 is 6.08. The number of benzene rings is 3. The van der Waals surface area contributed by atoms with Gasteiger partial charge in [-0.15, -0.1) is 0 Å². The second-order valence-electron chi connectivity index (χ2n) is 6.02. The van der Waals surface area contributed by atoms with Crippen molar-refractivity contribution >= 4 is 29.0 Å². The monoisotopic (exact) mass is 379 g/mol. The molecule has 1 amide bonds. The van der Waals surface area contributed by atoms with E-state index in [0.29, 0.717) is 33.1 Å². The summed E-state index contributed by atoms with van der Waals surface area (Å²) in [6, 6.07) is 18.8. The molecule has 4 nitrogen and oxygen atoms in total. The van der Waals surface area contributed by atoms with Crippen molar-refractivity contribution in [1.82, 2.24) is 0 Å². The third-order valence-electron chi connectivity index (χ3n) is 4.17. The molecule has 5 heteroatoms. The number of nitrogens with one attached hydrogen (secondary N) is 1. The lowest BCUT2D eigenvalue weighted by Crippen LogP contribution is -2.15. The number of rotatable bonds is 5. The standard InChI is InChI=1S/C22H18ClNO3/c1-14-12-16(8-11-20(14)27-2)22(26)24-19-10-9-17(23)13-18(19)21(25)15-6-4-3-5-7-15/h3-13H,1-2H3,(H,24,26). The van der Waals surface area contributed by atoms with E-state index in [1.165, 1.54) is 0 Å². The fourth-order valence-electron chi connectivity index (χ4n) is 2.77. The van der Waals surface area contributed by atoms with Gasteiger partial charge in [-0.3, -0.25) is 9.59 Å². The van der Waals surface area contributed by atoms with Crippen LogP contribution in [-0.2, 0) is 0 Å². The summed E-state index contributed by atoms with van der Waals surface area (Å²) in [6.07, 6.45) is 0. The molecule has 3 aromatic rings. The minimum Gasteiger partial charge on any atom is -0.496 e. The summed E-state index contributed by atoms with van der Waals surface area (Å²) in [6.45, 7) is 1.86. The largest absolute Gasteiger partial charge is 0.496 e. The van der Waals surface area contributed by atoms with Crippen LogP contribution >= 0.6 is 11.6 Å². The average molecular weight is 380 g/mol. The number of carbonyl (C=O) groups is 2. The van der Waals surface area contributed by atoms with E-state index < -0.39 is 0 Å². The zero-order valence-corrected chi connectivity index (χ0v) is 15.7. The number of ether oxygens (including phenoxy) is 1. The number of aryl methyl sites for hydroxylation is 1. The molecular weight excluding hydrogens is 362 g/mol. The number of carbonyl (C=O) groups excluding carboxylic acids is 2. The molecule has 27 heavy (non-hydrogen) atoms. The molecule has 0 fully saturated rings. The first-order valence-corrected chi connectivity index (χ1v) is 8.72. The van der Waals surface area contributed by atoms with Gasteiger partial charge in [-0.1, -0.05) is 41.9 Å². The van der Waals surface area contributed by atoms with Crippen LogP contribution in [0.1, 0.15) is 31.8 Å². The topological polar surface area (TPSA) is 55.4 Å². The molecule has 0 unspecified atom stereocenters. The minimum atomic E-state index is -0.315. The number of amides is 1. The lowest BCUT2D eigenvalue weighted by atomic mass is 10.0. The molecule has 1 N–H and O–H groups in total. The summed E-state index contributed by atoms with van der Waals surface area (Å²) in [4.78, 5) is 25.5. The van der Waals surface area contributed by atoms with Crippen molar-refractivity contribution in [2.45, 2.75) is 6.92 Å². The van der Waals surface area contributed by atoms with E-state index >= 15 is 0 Å². The maximum atomic E-state index is 12.8. The first-order chi connectivity index (χ1) is 13.0. The third-order valence-corrected chi connectivity index (χ3v) is 4.40. The Balaban J connectivity index is 1.92. The summed E-state index contributed by atoms with van der Waals surface area (Å²) < 4.78 is 5.22. The molecule has 0 aromatic heterocycles. The Morgan fingerprint density at radius 2 is 1.67 bits per heavy atom. The third kappa shape index (κ3) is 4.18. The number of ketones is 1. The second-order valence-corrected chi connectivity index (χ2v) is 6.46. The van der Waals surface area contributed by atoms with Gasteiger partial charge in [-0.25, -0.2) is 0 Å². The van der Waals surface area contributed by atoms with Crippen molar-refractivity contribution in [3.8, 4) is 5.75 Å². The maximum absolute atomic E-state index is 12.8. The van der Waals surface area contributed by atoms with E-state index in [0.717, 1.165) is 5.56 Å². The van der Waals surface area contributed by atoms with Crippen LogP contribution in [-0.4, -0.2) is 18.8 Å². The number of anilines is 1. The molecule has 0 radical (unpaired) electrons. The quantitative estimate of drug-likeness (QED) is 0.624. The lowest BCUT2D eigenvalue weighted by Gasteiger charge is -2.12. The Hall–Kier alpha value is -3.11. The van der Waals surface area contributed by atoms with Crippen molar-refractivity contribution in [2.75, 3.05) is 12.4 Å². The highest BCUT2D eigenvalue weighted by atomic mass is 35.5. The molecular formula is C22H18ClNO3. The van der Waals surface area contributed by atoms with Crippen LogP contribution in [0.5, 0.6) is 5.75 Å². The van der Waals surface area contributed by atoms with Crippen molar-refractivity contribution in [3.05, 3.63) is 94.0 Å².